The lowest BCUT2D eigenvalue weighted by Crippen LogP contribution is -2.43. The number of aliphatic carboxylic acids is 1. The minimum Gasteiger partial charge on any atom is -0.479 e. The summed E-state index contributed by atoms with van der Waals surface area (Å²) in [5, 5.41) is 9.49. The Morgan fingerprint density at radius 3 is 2.76 bits per heavy atom. The highest BCUT2D eigenvalue weighted by atomic mass is 16.5. The Kier molecular flexibility index (Phi) is 4.96. The number of fused-ring (bicyclic) bond motifs is 1. The van der Waals surface area contributed by atoms with Crippen LogP contribution in [0, 0.1) is 0 Å². The fraction of sp³-hybridized carbons (Fsp3) is 0.500. The van der Waals surface area contributed by atoms with E-state index in [1.54, 1.807) is 6.07 Å². The Hall–Kier alpha value is -1.88. The summed E-state index contributed by atoms with van der Waals surface area (Å²) in [5.74, 6) is -1.15. The number of benzene rings is 1. The second-order valence-corrected chi connectivity index (χ2v) is 5.45. The van der Waals surface area contributed by atoms with Crippen molar-refractivity contribution in [3.05, 3.63) is 35.4 Å². The molecule has 114 valence electrons. The zero-order chi connectivity index (χ0) is 15.4. The molecule has 5 nitrogen and oxygen atoms in total. The zero-order valence-corrected chi connectivity index (χ0v) is 12.4. The van der Waals surface area contributed by atoms with Crippen molar-refractivity contribution in [3.63, 3.8) is 0 Å². The quantitative estimate of drug-likeness (QED) is 0.901. The summed E-state index contributed by atoms with van der Waals surface area (Å²) in [7, 11) is 0. The van der Waals surface area contributed by atoms with Crippen LogP contribution in [0.3, 0.4) is 0 Å². The van der Waals surface area contributed by atoms with Gasteiger partial charge < -0.3 is 14.7 Å². The third-order valence-electron chi connectivity index (χ3n) is 3.60. The molecule has 1 unspecified atom stereocenters. The normalized spacial score (nSPS) is 17.7. The minimum absolute atomic E-state index is 0.0650. The van der Waals surface area contributed by atoms with Crippen LogP contribution < -0.4 is 0 Å². The molecule has 1 aromatic rings. The molecule has 1 N–H and O–H groups in total. The van der Waals surface area contributed by atoms with E-state index < -0.39 is 12.0 Å². The molecule has 0 radical (unpaired) electrons. The molecule has 0 bridgehead atoms. The topological polar surface area (TPSA) is 66.8 Å². The van der Waals surface area contributed by atoms with Crippen LogP contribution in [0.15, 0.2) is 24.3 Å². The largest absolute Gasteiger partial charge is 0.479 e. The molecular weight excluding hydrogens is 270 g/mol. The highest BCUT2D eigenvalue weighted by Gasteiger charge is 2.35. The molecule has 1 heterocycles. The Morgan fingerprint density at radius 2 is 2.10 bits per heavy atom. The number of rotatable bonds is 5. The summed E-state index contributed by atoms with van der Waals surface area (Å²) in [6.07, 6.45) is 0.969. The molecule has 0 aliphatic carbocycles. The third-order valence-corrected chi connectivity index (χ3v) is 3.60. The van der Waals surface area contributed by atoms with Gasteiger partial charge in [-0.05, 0) is 31.4 Å². The van der Waals surface area contributed by atoms with E-state index in [1.807, 2.05) is 32.0 Å². The molecule has 1 atom stereocenters. The second-order valence-electron chi connectivity index (χ2n) is 5.45. The number of amides is 1. The number of hydrogen-bond acceptors (Lipinski definition) is 3. The molecule has 1 aromatic carbocycles. The monoisotopic (exact) mass is 291 g/mol. The molecule has 0 saturated carbocycles. The van der Waals surface area contributed by atoms with Crippen LogP contribution >= 0.6 is 0 Å². The van der Waals surface area contributed by atoms with Crippen LogP contribution in [-0.2, 0) is 20.7 Å². The van der Waals surface area contributed by atoms with E-state index in [1.165, 1.54) is 4.90 Å². The number of ether oxygens (including phenoxy) is 1. The average Bonchev–Trinajstić information content (AvgIpc) is 2.45. The SMILES string of the molecule is CC(C)OCCC(=O)N1CCc2ccccc2C1C(=O)O. The van der Waals surface area contributed by atoms with Gasteiger partial charge >= 0.3 is 5.97 Å². The van der Waals surface area contributed by atoms with E-state index in [4.69, 9.17) is 4.74 Å². The highest BCUT2D eigenvalue weighted by Crippen LogP contribution is 2.30. The van der Waals surface area contributed by atoms with Crippen molar-refractivity contribution in [1.82, 2.24) is 4.90 Å². The summed E-state index contributed by atoms with van der Waals surface area (Å²) in [4.78, 5) is 25.3. The predicted octanol–water partition coefficient (Wildman–Crippen LogP) is 2.01. The van der Waals surface area contributed by atoms with Gasteiger partial charge in [0.25, 0.3) is 0 Å². The number of hydrogen-bond donors (Lipinski definition) is 1. The number of carbonyl (C=O) groups is 2. The number of nitrogens with zero attached hydrogens (tertiary/aromatic N) is 1. The van der Waals surface area contributed by atoms with Crippen LogP contribution in [-0.4, -0.2) is 41.1 Å². The van der Waals surface area contributed by atoms with Gasteiger partial charge in [-0.25, -0.2) is 4.79 Å². The van der Waals surface area contributed by atoms with Crippen molar-refractivity contribution in [3.8, 4) is 0 Å². The van der Waals surface area contributed by atoms with E-state index >= 15 is 0 Å². The van der Waals surface area contributed by atoms with Gasteiger partial charge in [-0.1, -0.05) is 24.3 Å². The van der Waals surface area contributed by atoms with E-state index in [-0.39, 0.29) is 18.4 Å². The van der Waals surface area contributed by atoms with Crippen LogP contribution in [0.1, 0.15) is 37.4 Å². The number of carboxylic acids is 1. The maximum Gasteiger partial charge on any atom is 0.331 e. The predicted molar refractivity (Wildman–Crippen MR) is 77.9 cm³/mol. The lowest BCUT2D eigenvalue weighted by atomic mass is 9.92. The number of carbonyl (C=O) groups excluding carboxylic acids is 1. The molecule has 1 aliphatic rings. The van der Waals surface area contributed by atoms with Gasteiger partial charge in [-0.2, -0.15) is 0 Å². The van der Waals surface area contributed by atoms with Gasteiger partial charge in [0.15, 0.2) is 6.04 Å². The van der Waals surface area contributed by atoms with Crippen LogP contribution in [0.5, 0.6) is 0 Å². The Bertz CT molecular complexity index is 527. The van der Waals surface area contributed by atoms with Gasteiger partial charge in [0.05, 0.1) is 19.1 Å². The van der Waals surface area contributed by atoms with E-state index in [9.17, 15) is 14.7 Å². The first-order valence-corrected chi connectivity index (χ1v) is 7.22. The first-order valence-electron chi connectivity index (χ1n) is 7.22. The van der Waals surface area contributed by atoms with Crippen molar-refractivity contribution < 1.29 is 19.4 Å². The Labute approximate surface area is 124 Å². The van der Waals surface area contributed by atoms with Crippen LogP contribution in [0.25, 0.3) is 0 Å². The summed E-state index contributed by atoms with van der Waals surface area (Å²) in [6, 6.07) is 6.53. The molecule has 0 saturated heterocycles. The van der Waals surface area contributed by atoms with Crippen LogP contribution in [0.4, 0.5) is 0 Å². The molecular formula is C16H21NO4. The minimum atomic E-state index is -0.986. The lowest BCUT2D eigenvalue weighted by molar-refractivity contribution is -0.151. The zero-order valence-electron chi connectivity index (χ0n) is 12.4. The van der Waals surface area contributed by atoms with E-state index in [0.29, 0.717) is 19.6 Å². The maximum atomic E-state index is 12.3. The Morgan fingerprint density at radius 1 is 1.38 bits per heavy atom. The standard InChI is InChI=1S/C16H21NO4/c1-11(2)21-10-8-14(18)17-9-7-12-5-3-4-6-13(12)15(17)16(19)20/h3-6,11,15H,7-10H2,1-2H3,(H,19,20). The second kappa shape index (κ2) is 6.72. The average molecular weight is 291 g/mol. The summed E-state index contributed by atoms with van der Waals surface area (Å²) >= 11 is 0. The smallest absolute Gasteiger partial charge is 0.331 e. The van der Waals surface area contributed by atoms with Gasteiger partial charge in [0.2, 0.25) is 5.91 Å². The molecule has 1 aliphatic heterocycles. The van der Waals surface area contributed by atoms with Crippen molar-refractivity contribution in [2.75, 3.05) is 13.2 Å². The van der Waals surface area contributed by atoms with Gasteiger partial charge in [0.1, 0.15) is 0 Å². The first-order chi connectivity index (χ1) is 10.0. The summed E-state index contributed by atoms with van der Waals surface area (Å²) in [6.45, 7) is 4.57. The van der Waals surface area contributed by atoms with Gasteiger partial charge in [0, 0.05) is 6.54 Å². The molecule has 0 fully saturated rings. The van der Waals surface area contributed by atoms with Crippen LogP contribution in [0.2, 0.25) is 0 Å². The highest BCUT2D eigenvalue weighted by molar-refractivity contribution is 5.85. The Balaban J connectivity index is 2.13. The molecule has 5 heteroatoms. The van der Waals surface area contributed by atoms with E-state index in [0.717, 1.165) is 11.1 Å². The third kappa shape index (κ3) is 3.61. The molecule has 0 spiro atoms. The molecule has 1 amide bonds. The molecule has 21 heavy (non-hydrogen) atoms. The van der Waals surface area contributed by atoms with Crippen molar-refractivity contribution in [2.45, 2.75) is 38.8 Å². The first kappa shape index (κ1) is 15.5. The number of carboxylic acid groups (broad SMARTS) is 1. The maximum absolute atomic E-state index is 12.3. The summed E-state index contributed by atoms with van der Waals surface area (Å²) < 4.78 is 5.37. The fourth-order valence-electron chi connectivity index (χ4n) is 2.63. The fourth-order valence-corrected chi connectivity index (χ4v) is 2.63. The van der Waals surface area contributed by atoms with Crippen molar-refractivity contribution in [2.24, 2.45) is 0 Å². The van der Waals surface area contributed by atoms with Crippen molar-refractivity contribution >= 4 is 11.9 Å². The van der Waals surface area contributed by atoms with Gasteiger partial charge in [-0.3, -0.25) is 4.79 Å². The molecule has 2 rings (SSSR count). The summed E-state index contributed by atoms with van der Waals surface area (Å²) in [5.41, 5.74) is 1.72. The lowest BCUT2D eigenvalue weighted by Gasteiger charge is -2.34. The van der Waals surface area contributed by atoms with Crippen molar-refractivity contribution in [1.29, 1.82) is 0 Å². The molecule has 0 aromatic heterocycles. The van der Waals surface area contributed by atoms with Gasteiger partial charge in [-0.15, -0.1) is 0 Å². The van der Waals surface area contributed by atoms with E-state index in [2.05, 4.69) is 0 Å².